The van der Waals surface area contributed by atoms with E-state index in [9.17, 15) is 8.42 Å². The van der Waals surface area contributed by atoms with Crippen molar-refractivity contribution in [3.63, 3.8) is 0 Å². The van der Waals surface area contributed by atoms with Crippen LogP contribution in [0.15, 0.2) is 27.6 Å². The molecule has 6 heteroatoms. The van der Waals surface area contributed by atoms with E-state index in [1.54, 1.807) is 12.1 Å². The standard InChI is InChI=1S/C12H13BrN2O2S/c1-8-10(6-7-14)18(16,17)11-5-3-4-9(13)12(11)15(8)2/h3-5,8,10H,6H2,1-2H3. The second-order valence-electron chi connectivity index (χ2n) is 4.38. The summed E-state index contributed by atoms with van der Waals surface area (Å²) in [6, 6.07) is 6.87. The van der Waals surface area contributed by atoms with E-state index in [1.807, 2.05) is 31.0 Å². The fourth-order valence-electron chi connectivity index (χ4n) is 2.31. The fourth-order valence-corrected chi connectivity index (χ4v) is 5.20. The molecule has 18 heavy (non-hydrogen) atoms. The minimum Gasteiger partial charge on any atom is -0.369 e. The van der Waals surface area contributed by atoms with Gasteiger partial charge in [-0.2, -0.15) is 5.26 Å². The van der Waals surface area contributed by atoms with Crippen molar-refractivity contribution < 1.29 is 8.42 Å². The highest BCUT2D eigenvalue weighted by Gasteiger charge is 2.41. The maximum atomic E-state index is 12.5. The minimum atomic E-state index is -3.44. The summed E-state index contributed by atoms with van der Waals surface area (Å²) in [5.74, 6) is 0. The Morgan fingerprint density at radius 1 is 1.50 bits per heavy atom. The number of halogens is 1. The summed E-state index contributed by atoms with van der Waals surface area (Å²) >= 11 is 3.39. The molecule has 0 aromatic heterocycles. The number of nitriles is 1. The van der Waals surface area contributed by atoms with Crippen LogP contribution in [0.25, 0.3) is 0 Å². The van der Waals surface area contributed by atoms with Gasteiger partial charge >= 0.3 is 0 Å². The smallest absolute Gasteiger partial charge is 0.186 e. The second kappa shape index (κ2) is 4.56. The third-order valence-corrected chi connectivity index (χ3v) is 6.39. The highest BCUT2D eigenvalue weighted by atomic mass is 79.9. The summed E-state index contributed by atoms with van der Waals surface area (Å²) < 4.78 is 25.8. The monoisotopic (exact) mass is 328 g/mol. The molecule has 0 N–H and O–H groups in total. The number of hydrogen-bond acceptors (Lipinski definition) is 4. The van der Waals surface area contributed by atoms with Crippen LogP contribution in [0.4, 0.5) is 5.69 Å². The van der Waals surface area contributed by atoms with Gasteiger partial charge in [-0.25, -0.2) is 8.42 Å². The van der Waals surface area contributed by atoms with Crippen LogP contribution in [-0.4, -0.2) is 26.8 Å². The van der Waals surface area contributed by atoms with Crippen LogP contribution in [0.2, 0.25) is 0 Å². The van der Waals surface area contributed by atoms with Gasteiger partial charge in [-0.05, 0) is 35.0 Å². The highest BCUT2D eigenvalue weighted by molar-refractivity contribution is 9.10. The van der Waals surface area contributed by atoms with Gasteiger partial charge in [0.05, 0.1) is 28.3 Å². The van der Waals surface area contributed by atoms with Crippen molar-refractivity contribution in [2.24, 2.45) is 0 Å². The van der Waals surface area contributed by atoms with Gasteiger partial charge in [-0.15, -0.1) is 0 Å². The van der Waals surface area contributed by atoms with Crippen molar-refractivity contribution >= 4 is 31.5 Å². The molecule has 2 atom stereocenters. The molecule has 0 aliphatic carbocycles. The van der Waals surface area contributed by atoms with Crippen molar-refractivity contribution in [3.05, 3.63) is 22.7 Å². The SMILES string of the molecule is CC1C(CC#N)S(=O)(=O)c2cccc(Br)c2N1C. The molecule has 0 spiro atoms. The maximum absolute atomic E-state index is 12.5. The molecule has 0 amide bonds. The molecule has 0 fully saturated rings. The molecule has 0 saturated carbocycles. The van der Waals surface area contributed by atoms with E-state index in [2.05, 4.69) is 15.9 Å². The molecule has 2 unspecified atom stereocenters. The zero-order valence-corrected chi connectivity index (χ0v) is 12.5. The first-order valence-corrected chi connectivity index (χ1v) is 7.87. The molecule has 1 aromatic rings. The lowest BCUT2D eigenvalue weighted by Crippen LogP contribution is -2.47. The lowest BCUT2D eigenvalue weighted by molar-refractivity contribution is 0.538. The van der Waals surface area contributed by atoms with E-state index in [-0.39, 0.29) is 12.5 Å². The molecule has 1 heterocycles. The molecule has 0 saturated heterocycles. The predicted molar refractivity (Wildman–Crippen MR) is 73.2 cm³/mol. The Balaban J connectivity index is 2.71. The van der Waals surface area contributed by atoms with Crippen molar-refractivity contribution in [1.82, 2.24) is 0 Å². The van der Waals surface area contributed by atoms with Crippen LogP contribution in [-0.2, 0) is 9.84 Å². The molecule has 1 aliphatic rings. The van der Waals surface area contributed by atoms with E-state index in [4.69, 9.17) is 5.26 Å². The van der Waals surface area contributed by atoms with E-state index < -0.39 is 15.1 Å². The number of sulfone groups is 1. The van der Waals surface area contributed by atoms with Crippen molar-refractivity contribution in [2.75, 3.05) is 11.9 Å². The van der Waals surface area contributed by atoms with E-state index in [0.29, 0.717) is 10.6 Å². The zero-order valence-electron chi connectivity index (χ0n) is 10.1. The van der Waals surface area contributed by atoms with Crippen molar-refractivity contribution in [1.29, 1.82) is 5.26 Å². The number of anilines is 1. The Kier molecular flexibility index (Phi) is 3.39. The summed E-state index contributed by atoms with van der Waals surface area (Å²) in [5.41, 5.74) is 0.680. The molecular weight excluding hydrogens is 316 g/mol. The van der Waals surface area contributed by atoms with Crippen molar-refractivity contribution in [2.45, 2.75) is 29.5 Å². The maximum Gasteiger partial charge on any atom is 0.186 e. The van der Waals surface area contributed by atoms with E-state index in [1.165, 1.54) is 0 Å². The lowest BCUT2D eigenvalue weighted by atomic mass is 10.1. The predicted octanol–water partition coefficient (Wildman–Crippen LogP) is 2.34. The van der Waals surface area contributed by atoms with Crippen LogP contribution in [0.1, 0.15) is 13.3 Å². The van der Waals surface area contributed by atoms with Crippen LogP contribution in [0.3, 0.4) is 0 Å². The Morgan fingerprint density at radius 2 is 2.17 bits per heavy atom. The van der Waals surface area contributed by atoms with Gasteiger partial charge in [0.25, 0.3) is 0 Å². The Labute approximate surface area is 115 Å². The molecule has 1 aromatic carbocycles. The van der Waals surface area contributed by atoms with Gasteiger partial charge < -0.3 is 4.90 Å². The van der Waals surface area contributed by atoms with Crippen molar-refractivity contribution in [3.8, 4) is 6.07 Å². The van der Waals surface area contributed by atoms with Gasteiger partial charge in [0.1, 0.15) is 0 Å². The molecule has 0 radical (unpaired) electrons. The number of nitrogens with zero attached hydrogens (tertiary/aromatic N) is 2. The van der Waals surface area contributed by atoms with Gasteiger partial charge in [0.15, 0.2) is 9.84 Å². The number of fused-ring (bicyclic) bond motifs is 1. The second-order valence-corrected chi connectivity index (χ2v) is 7.37. The van der Waals surface area contributed by atoms with Crippen LogP contribution in [0.5, 0.6) is 0 Å². The fraction of sp³-hybridized carbons (Fsp3) is 0.417. The zero-order chi connectivity index (χ0) is 13.5. The first-order chi connectivity index (χ1) is 8.41. The summed E-state index contributed by atoms with van der Waals surface area (Å²) in [6.07, 6.45) is 0.0137. The number of rotatable bonds is 1. The van der Waals surface area contributed by atoms with Crippen LogP contribution >= 0.6 is 15.9 Å². The molecule has 0 bridgehead atoms. The number of hydrogen-bond donors (Lipinski definition) is 0. The Morgan fingerprint density at radius 3 is 2.78 bits per heavy atom. The lowest BCUT2D eigenvalue weighted by Gasteiger charge is -2.39. The first-order valence-electron chi connectivity index (χ1n) is 5.53. The third-order valence-electron chi connectivity index (χ3n) is 3.45. The molecule has 1 aliphatic heterocycles. The summed E-state index contributed by atoms with van der Waals surface area (Å²) in [4.78, 5) is 2.22. The summed E-state index contributed by atoms with van der Waals surface area (Å²) in [7, 11) is -1.59. The van der Waals surface area contributed by atoms with Gasteiger partial charge in [0.2, 0.25) is 0 Å². The van der Waals surface area contributed by atoms with E-state index in [0.717, 1.165) is 4.47 Å². The average Bonchev–Trinajstić information content (AvgIpc) is 2.32. The van der Waals surface area contributed by atoms with Gasteiger partial charge in [-0.3, -0.25) is 0 Å². The highest BCUT2D eigenvalue weighted by Crippen LogP contribution is 2.41. The molecule has 2 rings (SSSR count). The topological polar surface area (TPSA) is 61.2 Å². The Hall–Kier alpha value is -1.06. The van der Waals surface area contributed by atoms with E-state index >= 15 is 0 Å². The summed E-state index contributed by atoms with van der Waals surface area (Å²) in [5, 5.41) is 8.14. The molecule has 4 nitrogen and oxygen atoms in total. The van der Waals surface area contributed by atoms with Gasteiger partial charge in [0, 0.05) is 17.6 Å². The summed E-state index contributed by atoms with van der Waals surface area (Å²) in [6.45, 7) is 1.84. The molecule has 96 valence electrons. The quantitative estimate of drug-likeness (QED) is 0.793. The number of benzene rings is 1. The number of para-hydroxylation sites is 1. The normalized spacial score (nSPS) is 25.3. The van der Waals surface area contributed by atoms with Gasteiger partial charge in [-0.1, -0.05) is 6.07 Å². The largest absolute Gasteiger partial charge is 0.369 e. The molecular formula is C12H13BrN2O2S. The third kappa shape index (κ3) is 1.82. The van der Waals surface area contributed by atoms with Crippen LogP contribution < -0.4 is 4.90 Å². The average molecular weight is 329 g/mol. The first kappa shape index (κ1) is 13.4. The Bertz CT molecular complexity index is 621. The van der Waals surface area contributed by atoms with Crippen LogP contribution in [0, 0.1) is 11.3 Å². The minimum absolute atomic E-state index is 0.0137.